The Bertz CT molecular complexity index is 263. The van der Waals surface area contributed by atoms with Crippen LogP contribution in [0, 0.1) is 16.7 Å². The van der Waals surface area contributed by atoms with Gasteiger partial charge in [0, 0.05) is 18.5 Å². The summed E-state index contributed by atoms with van der Waals surface area (Å²) < 4.78 is 0. The molecule has 1 atom stereocenters. The van der Waals surface area contributed by atoms with Crippen LogP contribution >= 0.6 is 0 Å². The fourth-order valence-electron chi connectivity index (χ4n) is 2.91. The van der Waals surface area contributed by atoms with Crippen LogP contribution in [-0.4, -0.2) is 25.0 Å². The number of hydrogen-bond donors (Lipinski definition) is 2. The monoisotopic (exact) mass is 210 g/mol. The second kappa shape index (κ2) is 3.21. The van der Waals surface area contributed by atoms with Gasteiger partial charge in [-0.3, -0.25) is 4.79 Å². The Morgan fingerprint density at radius 2 is 1.87 bits per heavy atom. The second-order valence-electron chi connectivity index (χ2n) is 6.07. The van der Waals surface area contributed by atoms with Gasteiger partial charge in [-0.2, -0.15) is 0 Å². The van der Waals surface area contributed by atoms with Gasteiger partial charge in [-0.05, 0) is 23.8 Å². The average molecular weight is 210 g/mol. The number of hydrogen-bond acceptors (Lipinski definition) is 2. The van der Waals surface area contributed by atoms with Gasteiger partial charge in [-0.25, -0.2) is 0 Å². The van der Waals surface area contributed by atoms with Gasteiger partial charge in [0.25, 0.3) is 0 Å². The van der Waals surface area contributed by atoms with Crippen molar-refractivity contribution < 1.29 is 4.79 Å². The zero-order chi connectivity index (χ0) is 11.3. The Morgan fingerprint density at radius 3 is 2.27 bits per heavy atom. The van der Waals surface area contributed by atoms with E-state index in [-0.39, 0.29) is 22.7 Å². The molecule has 15 heavy (non-hydrogen) atoms. The molecule has 3 nitrogen and oxygen atoms in total. The molecule has 0 aromatic rings. The van der Waals surface area contributed by atoms with Crippen LogP contribution in [0.25, 0.3) is 0 Å². The molecule has 1 saturated heterocycles. The van der Waals surface area contributed by atoms with Crippen molar-refractivity contribution in [1.82, 2.24) is 10.6 Å². The summed E-state index contributed by atoms with van der Waals surface area (Å²) in [7, 11) is 0. The van der Waals surface area contributed by atoms with Gasteiger partial charge in [0.05, 0.1) is 0 Å². The standard InChI is InChI=1S/C12H22N2O/c1-11(2)9(12(11,3)4)10(15)14-8-5-6-13-7-8/h8-9,13H,5-7H2,1-4H3,(H,14,15). The smallest absolute Gasteiger partial charge is 0.224 e. The number of rotatable bonds is 2. The summed E-state index contributed by atoms with van der Waals surface area (Å²) in [4.78, 5) is 12.1. The first kappa shape index (κ1) is 10.9. The molecular formula is C12H22N2O. The SMILES string of the molecule is CC1(C)C(C(=O)NC2CCNC2)C1(C)C. The fraction of sp³-hybridized carbons (Fsp3) is 0.917. The topological polar surface area (TPSA) is 41.1 Å². The molecule has 1 unspecified atom stereocenters. The summed E-state index contributed by atoms with van der Waals surface area (Å²) in [5.41, 5.74) is 0.312. The molecule has 2 fully saturated rings. The summed E-state index contributed by atoms with van der Waals surface area (Å²) >= 11 is 0. The van der Waals surface area contributed by atoms with Gasteiger partial charge in [0.2, 0.25) is 5.91 Å². The van der Waals surface area contributed by atoms with Crippen molar-refractivity contribution in [1.29, 1.82) is 0 Å². The van der Waals surface area contributed by atoms with Crippen molar-refractivity contribution in [2.45, 2.75) is 40.2 Å². The van der Waals surface area contributed by atoms with Crippen LogP contribution in [0.5, 0.6) is 0 Å². The lowest BCUT2D eigenvalue weighted by Crippen LogP contribution is -2.38. The van der Waals surface area contributed by atoms with Crippen LogP contribution < -0.4 is 10.6 Å². The van der Waals surface area contributed by atoms with E-state index >= 15 is 0 Å². The Hall–Kier alpha value is -0.570. The van der Waals surface area contributed by atoms with Gasteiger partial charge in [-0.15, -0.1) is 0 Å². The largest absolute Gasteiger partial charge is 0.352 e. The predicted octanol–water partition coefficient (Wildman–Crippen LogP) is 1.15. The Morgan fingerprint density at radius 1 is 1.27 bits per heavy atom. The lowest BCUT2D eigenvalue weighted by molar-refractivity contribution is -0.124. The second-order valence-corrected chi connectivity index (χ2v) is 6.07. The molecule has 0 bridgehead atoms. The maximum absolute atomic E-state index is 12.1. The summed E-state index contributed by atoms with van der Waals surface area (Å²) in [5.74, 6) is 0.435. The maximum atomic E-state index is 12.1. The van der Waals surface area contributed by atoms with E-state index in [4.69, 9.17) is 0 Å². The minimum absolute atomic E-state index is 0.156. The summed E-state index contributed by atoms with van der Waals surface area (Å²) in [6, 6.07) is 0.352. The van der Waals surface area contributed by atoms with E-state index in [1.807, 2.05) is 0 Å². The van der Waals surface area contributed by atoms with Gasteiger partial charge >= 0.3 is 0 Å². The molecule has 2 aliphatic rings. The Balaban J connectivity index is 1.93. The number of carbonyl (C=O) groups excluding carboxylic acids is 1. The molecule has 1 aliphatic carbocycles. The third-order valence-corrected chi connectivity index (χ3v) is 4.69. The molecule has 1 amide bonds. The van der Waals surface area contributed by atoms with E-state index in [0.29, 0.717) is 6.04 Å². The number of carbonyl (C=O) groups is 1. The van der Waals surface area contributed by atoms with Crippen molar-refractivity contribution >= 4 is 5.91 Å². The van der Waals surface area contributed by atoms with Crippen LogP contribution in [-0.2, 0) is 4.79 Å². The minimum atomic E-state index is 0.156. The molecule has 2 rings (SSSR count). The molecule has 0 aromatic carbocycles. The first-order valence-corrected chi connectivity index (χ1v) is 5.88. The average Bonchev–Trinajstić information content (AvgIpc) is 2.53. The van der Waals surface area contributed by atoms with E-state index in [1.54, 1.807) is 0 Å². The van der Waals surface area contributed by atoms with Gasteiger partial charge in [0.1, 0.15) is 0 Å². The molecule has 2 N–H and O–H groups in total. The van der Waals surface area contributed by atoms with Crippen molar-refractivity contribution in [3.05, 3.63) is 0 Å². The highest BCUT2D eigenvalue weighted by Gasteiger charge is 2.68. The molecular weight excluding hydrogens is 188 g/mol. The Labute approximate surface area is 92.0 Å². The quantitative estimate of drug-likeness (QED) is 0.718. The van der Waals surface area contributed by atoms with Gasteiger partial charge in [0.15, 0.2) is 0 Å². The molecule has 0 radical (unpaired) electrons. The van der Waals surface area contributed by atoms with Crippen molar-refractivity contribution in [3.63, 3.8) is 0 Å². The lowest BCUT2D eigenvalue weighted by atomic mass is 10.0. The van der Waals surface area contributed by atoms with Crippen LogP contribution in [0.4, 0.5) is 0 Å². The van der Waals surface area contributed by atoms with Gasteiger partial charge in [-0.1, -0.05) is 27.7 Å². The highest BCUT2D eigenvalue weighted by molar-refractivity contribution is 5.84. The summed E-state index contributed by atoms with van der Waals surface area (Å²) in [6.07, 6.45) is 1.07. The van der Waals surface area contributed by atoms with E-state index in [2.05, 4.69) is 38.3 Å². The predicted molar refractivity (Wildman–Crippen MR) is 60.5 cm³/mol. The highest BCUT2D eigenvalue weighted by Crippen LogP contribution is 2.68. The fourth-order valence-corrected chi connectivity index (χ4v) is 2.91. The van der Waals surface area contributed by atoms with Crippen LogP contribution in [0.1, 0.15) is 34.1 Å². The normalized spacial score (nSPS) is 32.7. The number of amides is 1. The van der Waals surface area contributed by atoms with E-state index in [1.165, 1.54) is 0 Å². The molecule has 86 valence electrons. The first-order valence-electron chi connectivity index (χ1n) is 5.88. The van der Waals surface area contributed by atoms with Gasteiger partial charge < -0.3 is 10.6 Å². The van der Waals surface area contributed by atoms with E-state index in [0.717, 1.165) is 19.5 Å². The first-order chi connectivity index (χ1) is 6.87. The lowest BCUT2D eigenvalue weighted by Gasteiger charge is -2.12. The third kappa shape index (κ3) is 1.57. The van der Waals surface area contributed by atoms with Crippen LogP contribution in [0.15, 0.2) is 0 Å². The van der Waals surface area contributed by atoms with Crippen molar-refractivity contribution in [2.24, 2.45) is 16.7 Å². The molecule has 0 aromatic heterocycles. The van der Waals surface area contributed by atoms with E-state index < -0.39 is 0 Å². The third-order valence-electron chi connectivity index (χ3n) is 4.69. The van der Waals surface area contributed by atoms with E-state index in [9.17, 15) is 4.79 Å². The molecule has 1 heterocycles. The minimum Gasteiger partial charge on any atom is -0.352 e. The number of nitrogens with one attached hydrogen (secondary N) is 2. The summed E-state index contributed by atoms with van der Waals surface area (Å²) in [6.45, 7) is 10.7. The molecule has 1 saturated carbocycles. The maximum Gasteiger partial charge on any atom is 0.224 e. The zero-order valence-electron chi connectivity index (χ0n) is 10.2. The molecule has 0 spiro atoms. The Kier molecular flexibility index (Phi) is 2.34. The molecule has 3 heteroatoms. The van der Waals surface area contributed by atoms with Crippen LogP contribution in [0.3, 0.4) is 0 Å². The summed E-state index contributed by atoms with van der Waals surface area (Å²) in [5, 5.41) is 6.41. The van der Waals surface area contributed by atoms with Crippen molar-refractivity contribution in [2.75, 3.05) is 13.1 Å². The molecule has 1 aliphatic heterocycles. The van der Waals surface area contributed by atoms with Crippen molar-refractivity contribution in [3.8, 4) is 0 Å². The van der Waals surface area contributed by atoms with Crippen LogP contribution in [0.2, 0.25) is 0 Å². The highest BCUT2D eigenvalue weighted by atomic mass is 16.2. The zero-order valence-corrected chi connectivity index (χ0v) is 10.2.